The van der Waals surface area contributed by atoms with Crippen LogP contribution in [0.3, 0.4) is 0 Å². The van der Waals surface area contributed by atoms with Gasteiger partial charge in [-0.1, -0.05) is 6.42 Å². The van der Waals surface area contributed by atoms with Gasteiger partial charge in [-0.2, -0.15) is 16.1 Å². The third-order valence-corrected chi connectivity index (χ3v) is 9.87. The van der Waals surface area contributed by atoms with Crippen LogP contribution in [-0.2, 0) is 16.6 Å². The third-order valence-electron chi connectivity index (χ3n) is 5.34. The fraction of sp³-hybridized carbons (Fsp3) is 0.737. The molecule has 0 amide bonds. The molecule has 2 N–H and O–H groups in total. The van der Waals surface area contributed by atoms with Crippen LogP contribution in [0.15, 0.2) is 21.3 Å². The van der Waals surface area contributed by atoms with E-state index in [1.807, 2.05) is 17.8 Å². The molecule has 2 heterocycles. The first-order valence-electron chi connectivity index (χ1n) is 10.2. The first-order chi connectivity index (χ1) is 13.5. The molecule has 10 heteroatoms. The number of piperidine rings is 1. The zero-order valence-corrected chi connectivity index (χ0v) is 22.0. The first kappa shape index (κ1) is 25.2. The van der Waals surface area contributed by atoms with E-state index in [1.165, 1.54) is 30.6 Å². The monoisotopic (exact) mass is 572 g/mol. The Kier molecular flexibility index (Phi) is 10.5. The highest BCUT2D eigenvalue weighted by Crippen LogP contribution is 2.29. The Morgan fingerprint density at radius 2 is 2.03 bits per heavy atom. The lowest BCUT2D eigenvalue weighted by Gasteiger charge is -2.25. The van der Waals surface area contributed by atoms with Crippen molar-refractivity contribution in [1.29, 1.82) is 0 Å². The maximum absolute atomic E-state index is 12.8. The SMILES string of the molecule is CCNC(=NCc1ccc(S(=O)(=O)N2CCCCC2)s1)NC1CCC(SC)C1.I. The lowest BCUT2D eigenvalue weighted by molar-refractivity contribution is 0.347. The van der Waals surface area contributed by atoms with Gasteiger partial charge in [-0.05, 0) is 57.4 Å². The number of nitrogens with one attached hydrogen (secondary N) is 2. The van der Waals surface area contributed by atoms with E-state index in [9.17, 15) is 8.42 Å². The maximum atomic E-state index is 12.8. The van der Waals surface area contributed by atoms with Gasteiger partial charge in [0.1, 0.15) is 4.21 Å². The van der Waals surface area contributed by atoms with Crippen LogP contribution in [0.1, 0.15) is 50.3 Å². The normalized spacial score (nSPS) is 23.6. The van der Waals surface area contributed by atoms with Crippen LogP contribution in [0.5, 0.6) is 0 Å². The summed E-state index contributed by atoms with van der Waals surface area (Å²) in [6.45, 7) is 4.64. The molecule has 29 heavy (non-hydrogen) atoms. The summed E-state index contributed by atoms with van der Waals surface area (Å²) in [5, 5.41) is 7.59. The van der Waals surface area contributed by atoms with E-state index < -0.39 is 10.0 Å². The minimum Gasteiger partial charge on any atom is -0.357 e. The predicted octanol–water partition coefficient (Wildman–Crippen LogP) is 3.88. The van der Waals surface area contributed by atoms with E-state index in [2.05, 4.69) is 23.8 Å². The van der Waals surface area contributed by atoms with Crippen molar-refractivity contribution in [3.05, 3.63) is 17.0 Å². The number of aliphatic imine (C=N–C) groups is 1. The summed E-state index contributed by atoms with van der Waals surface area (Å²) in [5.74, 6) is 0.822. The number of nitrogens with zero attached hydrogens (tertiary/aromatic N) is 2. The van der Waals surface area contributed by atoms with Crippen molar-refractivity contribution in [3.63, 3.8) is 0 Å². The summed E-state index contributed by atoms with van der Waals surface area (Å²) in [6, 6.07) is 4.10. The van der Waals surface area contributed by atoms with Gasteiger partial charge in [0, 0.05) is 35.8 Å². The van der Waals surface area contributed by atoms with Crippen molar-refractivity contribution in [2.24, 2.45) is 4.99 Å². The molecule has 6 nitrogen and oxygen atoms in total. The topological polar surface area (TPSA) is 73.8 Å². The van der Waals surface area contributed by atoms with Crippen LogP contribution < -0.4 is 10.6 Å². The fourth-order valence-electron chi connectivity index (χ4n) is 3.77. The van der Waals surface area contributed by atoms with Gasteiger partial charge in [-0.25, -0.2) is 13.4 Å². The molecule has 2 fully saturated rings. The fourth-order valence-corrected chi connectivity index (χ4v) is 7.52. The molecule has 3 rings (SSSR count). The second-order valence-electron chi connectivity index (χ2n) is 7.39. The predicted molar refractivity (Wildman–Crippen MR) is 135 cm³/mol. The zero-order chi connectivity index (χ0) is 20.0. The van der Waals surface area contributed by atoms with Gasteiger partial charge >= 0.3 is 0 Å². The highest BCUT2D eigenvalue weighted by atomic mass is 127. The Bertz CT molecular complexity index is 763. The molecule has 2 atom stereocenters. The molecule has 0 spiro atoms. The van der Waals surface area contributed by atoms with Crippen molar-refractivity contribution in [3.8, 4) is 0 Å². The number of thioether (sulfide) groups is 1. The summed E-state index contributed by atoms with van der Waals surface area (Å²) in [4.78, 5) is 5.67. The van der Waals surface area contributed by atoms with Crippen LogP contribution in [0.25, 0.3) is 0 Å². The summed E-state index contributed by atoms with van der Waals surface area (Å²) in [6.07, 6.45) is 8.81. The van der Waals surface area contributed by atoms with E-state index in [-0.39, 0.29) is 24.0 Å². The average molecular weight is 573 g/mol. The van der Waals surface area contributed by atoms with E-state index in [0.29, 0.717) is 29.9 Å². The Labute approximate surface area is 200 Å². The van der Waals surface area contributed by atoms with Gasteiger partial charge in [-0.3, -0.25) is 0 Å². The highest BCUT2D eigenvalue weighted by molar-refractivity contribution is 14.0. The molecule has 1 aliphatic heterocycles. The molecule has 1 aromatic rings. The highest BCUT2D eigenvalue weighted by Gasteiger charge is 2.27. The van der Waals surface area contributed by atoms with Crippen LogP contribution >= 0.6 is 47.1 Å². The molecular weight excluding hydrogens is 539 g/mol. The van der Waals surface area contributed by atoms with Crippen molar-refractivity contribution < 1.29 is 8.42 Å². The Balaban J connectivity index is 0.00000300. The van der Waals surface area contributed by atoms with Crippen LogP contribution in [0.4, 0.5) is 0 Å². The molecule has 1 saturated heterocycles. The molecule has 1 saturated carbocycles. The average Bonchev–Trinajstić information content (AvgIpc) is 3.37. The van der Waals surface area contributed by atoms with Crippen LogP contribution in [0.2, 0.25) is 0 Å². The van der Waals surface area contributed by atoms with Crippen molar-refractivity contribution >= 4 is 63.1 Å². The minimum atomic E-state index is -3.35. The van der Waals surface area contributed by atoms with Gasteiger partial charge < -0.3 is 10.6 Å². The Morgan fingerprint density at radius 1 is 1.28 bits per heavy atom. The molecule has 1 aliphatic carbocycles. The standard InChI is InChI=1S/C19H32N4O2S3.HI/c1-3-20-19(22-15-7-8-16(13-15)26-2)21-14-17-9-10-18(27-17)28(24,25)23-11-5-4-6-12-23;/h9-10,15-16H,3-8,11-14H2,1-2H3,(H2,20,21,22);1H. The van der Waals surface area contributed by atoms with Gasteiger partial charge in [0.2, 0.25) is 0 Å². The third kappa shape index (κ3) is 6.98. The molecule has 2 unspecified atom stereocenters. The number of halogens is 1. The van der Waals surface area contributed by atoms with Crippen LogP contribution in [-0.4, -0.2) is 55.9 Å². The first-order valence-corrected chi connectivity index (χ1v) is 13.7. The second kappa shape index (κ2) is 12.1. The number of hydrogen-bond donors (Lipinski definition) is 2. The summed E-state index contributed by atoms with van der Waals surface area (Å²) < 4.78 is 27.7. The summed E-state index contributed by atoms with van der Waals surface area (Å²) in [5.41, 5.74) is 0. The van der Waals surface area contributed by atoms with Gasteiger partial charge in [0.25, 0.3) is 10.0 Å². The molecule has 0 aromatic carbocycles. The number of rotatable bonds is 7. The molecule has 0 radical (unpaired) electrons. The smallest absolute Gasteiger partial charge is 0.252 e. The summed E-state index contributed by atoms with van der Waals surface area (Å²) in [7, 11) is -3.35. The summed E-state index contributed by atoms with van der Waals surface area (Å²) >= 11 is 3.29. The van der Waals surface area contributed by atoms with Crippen molar-refractivity contribution in [2.75, 3.05) is 25.9 Å². The largest absolute Gasteiger partial charge is 0.357 e. The van der Waals surface area contributed by atoms with E-state index in [1.54, 1.807) is 10.4 Å². The molecule has 2 aliphatic rings. The second-order valence-corrected chi connectivity index (χ2v) is 11.9. The van der Waals surface area contributed by atoms with E-state index in [4.69, 9.17) is 4.99 Å². The van der Waals surface area contributed by atoms with Crippen molar-refractivity contribution in [1.82, 2.24) is 14.9 Å². The van der Waals surface area contributed by atoms with Gasteiger partial charge in [-0.15, -0.1) is 35.3 Å². The maximum Gasteiger partial charge on any atom is 0.252 e. The number of hydrogen-bond acceptors (Lipinski definition) is 5. The van der Waals surface area contributed by atoms with Gasteiger partial charge in [0.05, 0.1) is 6.54 Å². The number of thiophene rings is 1. The van der Waals surface area contributed by atoms with E-state index >= 15 is 0 Å². The van der Waals surface area contributed by atoms with Crippen LogP contribution in [0, 0.1) is 0 Å². The van der Waals surface area contributed by atoms with E-state index in [0.717, 1.165) is 41.9 Å². The zero-order valence-electron chi connectivity index (χ0n) is 17.2. The lowest BCUT2D eigenvalue weighted by Crippen LogP contribution is -2.42. The Morgan fingerprint density at radius 3 is 2.69 bits per heavy atom. The number of guanidine groups is 1. The lowest BCUT2D eigenvalue weighted by atomic mass is 10.2. The van der Waals surface area contributed by atoms with Crippen molar-refractivity contribution in [2.45, 2.75) is 67.5 Å². The molecule has 0 bridgehead atoms. The molecule has 1 aromatic heterocycles. The molecule has 166 valence electrons. The van der Waals surface area contributed by atoms with Gasteiger partial charge in [0.15, 0.2) is 5.96 Å². The Hall–Kier alpha value is -0.0400. The number of sulfonamides is 1. The molecular formula is C19H33IN4O2S3. The minimum absolute atomic E-state index is 0. The quantitative estimate of drug-likeness (QED) is 0.295.